The number of nitrogens with one attached hydrogen (secondary N) is 1. The topological polar surface area (TPSA) is 38.1 Å². The molecule has 0 fully saturated rings. The second-order valence-electron chi connectivity index (χ2n) is 3.88. The van der Waals surface area contributed by atoms with Crippen molar-refractivity contribution in [3.8, 4) is 0 Å². The van der Waals surface area contributed by atoms with Crippen molar-refractivity contribution in [3.63, 3.8) is 0 Å². The molecule has 0 aliphatic heterocycles. The van der Waals surface area contributed by atoms with Crippen LogP contribution in [0.3, 0.4) is 0 Å². The van der Waals surface area contributed by atoms with Gasteiger partial charge in [0.1, 0.15) is 11.3 Å². The summed E-state index contributed by atoms with van der Waals surface area (Å²) < 4.78 is 19.8. The lowest BCUT2D eigenvalue weighted by atomic mass is 10.3. The highest BCUT2D eigenvalue weighted by molar-refractivity contribution is 9.10. The maximum atomic E-state index is 13.7. The van der Waals surface area contributed by atoms with E-state index in [1.54, 1.807) is 30.3 Å². The van der Waals surface area contributed by atoms with Gasteiger partial charge in [0.05, 0.1) is 5.69 Å². The highest BCUT2D eigenvalue weighted by Gasteiger charge is 2.09. The second kappa shape index (κ2) is 4.83. The number of nitrogens with zero attached hydrogens (tertiary/aromatic N) is 1. The highest BCUT2D eigenvalue weighted by Crippen LogP contribution is 2.26. The van der Waals surface area contributed by atoms with Crippen molar-refractivity contribution < 1.29 is 8.81 Å². The molecule has 0 amide bonds. The summed E-state index contributed by atoms with van der Waals surface area (Å²) in [5, 5.41) is 3.35. The molecule has 0 aliphatic rings. The summed E-state index contributed by atoms with van der Waals surface area (Å²) >= 11 is 9.05. The Morgan fingerprint density at radius 2 is 2.05 bits per heavy atom. The average molecular weight is 342 g/mol. The van der Waals surface area contributed by atoms with Crippen molar-refractivity contribution >= 4 is 50.3 Å². The third-order valence-electron chi connectivity index (χ3n) is 2.52. The summed E-state index contributed by atoms with van der Waals surface area (Å²) in [7, 11) is 0. The first-order valence-electron chi connectivity index (χ1n) is 5.40. The van der Waals surface area contributed by atoms with E-state index in [2.05, 4.69) is 26.2 Å². The number of rotatable bonds is 2. The third kappa shape index (κ3) is 2.57. The van der Waals surface area contributed by atoms with Crippen LogP contribution in [0.5, 0.6) is 0 Å². The minimum atomic E-state index is -0.394. The Hall–Kier alpha value is -1.59. The molecule has 6 heteroatoms. The van der Waals surface area contributed by atoms with Gasteiger partial charge in [-0.1, -0.05) is 27.5 Å². The molecule has 0 atom stereocenters. The van der Waals surface area contributed by atoms with Crippen LogP contribution in [0.25, 0.3) is 11.1 Å². The predicted molar refractivity (Wildman–Crippen MR) is 76.4 cm³/mol. The van der Waals surface area contributed by atoms with Crippen LogP contribution in [0.4, 0.5) is 16.1 Å². The fourth-order valence-corrected chi connectivity index (χ4v) is 2.15. The van der Waals surface area contributed by atoms with E-state index in [0.29, 0.717) is 26.3 Å². The molecule has 0 saturated carbocycles. The van der Waals surface area contributed by atoms with Gasteiger partial charge in [-0.15, -0.1) is 0 Å². The summed E-state index contributed by atoms with van der Waals surface area (Å²) in [5.74, 6) is -0.394. The summed E-state index contributed by atoms with van der Waals surface area (Å²) in [6.45, 7) is 0. The first-order chi connectivity index (χ1) is 9.11. The van der Waals surface area contributed by atoms with Crippen LogP contribution in [0, 0.1) is 5.82 Å². The molecule has 3 nitrogen and oxygen atoms in total. The number of benzene rings is 2. The lowest BCUT2D eigenvalue weighted by molar-refractivity contribution is 0.611. The van der Waals surface area contributed by atoms with Gasteiger partial charge in [0.2, 0.25) is 0 Å². The van der Waals surface area contributed by atoms with E-state index in [1.165, 1.54) is 6.07 Å². The van der Waals surface area contributed by atoms with E-state index in [1.807, 2.05) is 0 Å². The molecule has 0 bridgehead atoms. The van der Waals surface area contributed by atoms with Crippen LogP contribution in [-0.4, -0.2) is 4.98 Å². The Labute approximate surface area is 121 Å². The number of anilines is 2. The highest BCUT2D eigenvalue weighted by atomic mass is 79.9. The largest absolute Gasteiger partial charge is 0.423 e. The molecule has 1 heterocycles. The zero-order valence-electron chi connectivity index (χ0n) is 9.45. The number of hydrogen-bond donors (Lipinski definition) is 1. The molecule has 2 aromatic carbocycles. The number of hydrogen-bond acceptors (Lipinski definition) is 3. The Bertz CT molecular complexity index is 759. The number of halogens is 3. The quantitative estimate of drug-likeness (QED) is 0.702. The van der Waals surface area contributed by atoms with Gasteiger partial charge in [0.15, 0.2) is 5.58 Å². The summed E-state index contributed by atoms with van der Waals surface area (Å²) in [5.41, 5.74) is 1.50. The van der Waals surface area contributed by atoms with Gasteiger partial charge in [0.25, 0.3) is 6.01 Å². The first-order valence-corrected chi connectivity index (χ1v) is 6.57. The van der Waals surface area contributed by atoms with Crippen molar-refractivity contribution in [3.05, 3.63) is 51.7 Å². The number of aromatic nitrogens is 1. The van der Waals surface area contributed by atoms with E-state index in [-0.39, 0.29) is 6.01 Å². The third-order valence-corrected chi connectivity index (χ3v) is 3.25. The molecule has 0 radical (unpaired) electrons. The van der Waals surface area contributed by atoms with E-state index < -0.39 is 5.82 Å². The van der Waals surface area contributed by atoms with E-state index in [0.717, 1.165) is 0 Å². The smallest absolute Gasteiger partial charge is 0.300 e. The van der Waals surface area contributed by atoms with Crippen LogP contribution in [-0.2, 0) is 0 Å². The van der Waals surface area contributed by atoms with Gasteiger partial charge in [-0.25, -0.2) is 4.39 Å². The molecule has 3 rings (SSSR count). The molecule has 0 saturated heterocycles. The standard InChI is InChI=1S/C13H7BrClFN2O/c14-7-1-3-10(9(16)5-7)17-13-18-11-4-2-8(15)6-12(11)19-13/h1-6H,(H,17,18). The van der Waals surface area contributed by atoms with Gasteiger partial charge in [-0.2, -0.15) is 4.98 Å². The van der Waals surface area contributed by atoms with E-state index >= 15 is 0 Å². The summed E-state index contributed by atoms with van der Waals surface area (Å²) in [6.07, 6.45) is 0. The van der Waals surface area contributed by atoms with Crippen molar-refractivity contribution in [2.45, 2.75) is 0 Å². The fraction of sp³-hybridized carbons (Fsp3) is 0. The maximum absolute atomic E-state index is 13.7. The zero-order chi connectivity index (χ0) is 13.4. The van der Waals surface area contributed by atoms with Crippen LogP contribution in [0.1, 0.15) is 0 Å². The zero-order valence-corrected chi connectivity index (χ0v) is 11.8. The monoisotopic (exact) mass is 340 g/mol. The minimum Gasteiger partial charge on any atom is -0.423 e. The van der Waals surface area contributed by atoms with E-state index in [4.69, 9.17) is 16.0 Å². The summed E-state index contributed by atoms with van der Waals surface area (Å²) in [6, 6.07) is 10.0. The van der Waals surface area contributed by atoms with Crippen molar-refractivity contribution in [1.82, 2.24) is 4.98 Å². The van der Waals surface area contributed by atoms with Gasteiger partial charge in [-0.05, 0) is 30.3 Å². The predicted octanol–water partition coefficient (Wildman–Crippen LogP) is 5.13. The lowest BCUT2D eigenvalue weighted by Gasteiger charge is -2.03. The van der Waals surface area contributed by atoms with Gasteiger partial charge in [0, 0.05) is 15.6 Å². The Balaban J connectivity index is 1.96. The summed E-state index contributed by atoms with van der Waals surface area (Å²) in [4.78, 5) is 4.20. The average Bonchev–Trinajstić information content (AvgIpc) is 2.74. The van der Waals surface area contributed by atoms with Crippen LogP contribution in [0.15, 0.2) is 45.3 Å². The molecule has 96 valence electrons. The number of oxazole rings is 1. The molecule has 0 aliphatic carbocycles. The molecule has 0 spiro atoms. The SMILES string of the molecule is Fc1cc(Br)ccc1Nc1nc2ccc(Cl)cc2o1. The van der Waals surface area contributed by atoms with Gasteiger partial charge in [-0.3, -0.25) is 0 Å². The first kappa shape index (κ1) is 12.4. The minimum absolute atomic E-state index is 0.221. The van der Waals surface area contributed by atoms with Gasteiger partial charge >= 0.3 is 0 Å². The Morgan fingerprint density at radius 3 is 2.84 bits per heavy atom. The van der Waals surface area contributed by atoms with Crippen LogP contribution < -0.4 is 5.32 Å². The van der Waals surface area contributed by atoms with Crippen LogP contribution in [0.2, 0.25) is 5.02 Å². The normalized spacial score (nSPS) is 10.9. The lowest BCUT2D eigenvalue weighted by Crippen LogP contribution is -1.93. The Morgan fingerprint density at radius 1 is 1.21 bits per heavy atom. The molecule has 1 aromatic heterocycles. The molecule has 3 aromatic rings. The van der Waals surface area contributed by atoms with E-state index in [9.17, 15) is 4.39 Å². The van der Waals surface area contributed by atoms with Crippen LogP contribution >= 0.6 is 27.5 Å². The van der Waals surface area contributed by atoms with Crippen molar-refractivity contribution in [1.29, 1.82) is 0 Å². The molecular weight excluding hydrogens is 335 g/mol. The second-order valence-corrected chi connectivity index (χ2v) is 5.23. The maximum Gasteiger partial charge on any atom is 0.300 e. The molecule has 1 N–H and O–H groups in total. The van der Waals surface area contributed by atoms with Crippen molar-refractivity contribution in [2.75, 3.05) is 5.32 Å². The number of fused-ring (bicyclic) bond motifs is 1. The molecular formula is C13H7BrClFN2O. The molecule has 0 unspecified atom stereocenters. The Kier molecular flexibility index (Phi) is 3.16. The van der Waals surface area contributed by atoms with Gasteiger partial charge < -0.3 is 9.73 Å². The van der Waals surface area contributed by atoms with Crippen molar-refractivity contribution in [2.24, 2.45) is 0 Å². The molecule has 19 heavy (non-hydrogen) atoms. The fourth-order valence-electron chi connectivity index (χ4n) is 1.66.